The monoisotopic (exact) mass is 298 g/mol. The van der Waals surface area contributed by atoms with Crippen LogP contribution in [0.3, 0.4) is 0 Å². The zero-order chi connectivity index (χ0) is 14.6. The molecular weight excluding hydrogens is 276 g/mol. The van der Waals surface area contributed by atoms with Crippen LogP contribution in [-0.4, -0.2) is 26.9 Å². The molecule has 1 aliphatic heterocycles. The molecule has 0 spiro atoms. The van der Waals surface area contributed by atoms with Gasteiger partial charge in [0.2, 0.25) is 10.0 Å². The van der Waals surface area contributed by atoms with E-state index in [0.29, 0.717) is 13.2 Å². The number of hydrogen-bond acceptors (Lipinski definition) is 4. The molecule has 0 aromatic heterocycles. The van der Waals surface area contributed by atoms with Gasteiger partial charge in [-0.1, -0.05) is 24.3 Å². The van der Waals surface area contributed by atoms with Crippen LogP contribution in [0.5, 0.6) is 0 Å². The van der Waals surface area contributed by atoms with E-state index in [2.05, 4.69) is 4.72 Å². The zero-order valence-corrected chi connectivity index (χ0v) is 12.5. The van der Waals surface area contributed by atoms with Crippen LogP contribution in [-0.2, 0) is 21.3 Å². The first-order valence-corrected chi connectivity index (χ1v) is 8.56. The van der Waals surface area contributed by atoms with Crippen molar-refractivity contribution in [3.8, 4) is 0 Å². The van der Waals surface area contributed by atoms with E-state index in [1.54, 1.807) is 0 Å². The third-order valence-corrected chi connectivity index (χ3v) is 5.02. The van der Waals surface area contributed by atoms with Gasteiger partial charge in [0.05, 0.1) is 11.9 Å². The average molecular weight is 298 g/mol. The molecule has 0 bridgehead atoms. The molecule has 1 saturated heterocycles. The molecule has 20 heavy (non-hydrogen) atoms. The minimum absolute atomic E-state index is 0.0399. The summed E-state index contributed by atoms with van der Waals surface area (Å²) in [6, 6.07) is 7.39. The highest BCUT2D eigenvalue weighted by Crippen LogP contribution is 2.17. The molecule has 1 heterocycles. The minimum atomic E-state index is -3.33. The SMILES string of the molecule is CC(NS(=O)(=O)CC1CCCO1)c1ccc(CN)cc1. The highest BCUT2D eigenvalue weighted by Gasteiger charge is 2.24. The first-order chi connectivity index (χ1) is 9.50. The van der Waals surface area contributed by atoms with E-state index in [4.69, 9.17) is 10.5 Å². The van der Waals surface area contributed by atoms with Gasteiger partial charge in [0, 0.05) is 19.2 Å². The van der Waals surface area contributed by atoms with Crippen LogP contribution < -0.4 is 10.5 Å². The van der Waals surface area contributed by atoms with Gasteiger partial charge in [-0.05, 0) is 30.9 Å². The molecule has 5 nitrogen and oxygen atoms in total. The summed E-state index contributed by atoms with van der Waals surface area (Å²) in [5.74, 6) is 0.0399. The van der Waals surface area contributed by atoms with E-state index < -0.39 is 10.0 Å². The summed E-state index contributed by atoms with van der Waals surface area (Å²) < 4.78 is 32.2. The number of nitrogens with one attached hydrogen (secondary N) is 1. The van der Waals surface area contributed by atoms with Crippen molar-refractivity contribution in [3.63, 3.8) is 0 Å². The molecule has 2 atom stereocenters. The van der Waals surface area contributed by atoms with Crippen molar-refractivity contribution in [2.24, 2.45) is 5.73 Å². The van der Waals surface area contributed by atoms with Crippen molar-refractivity contribution in [1.82, 2.24) is 4.72 Å². The third kappa shape index (κ3) is 4.28. The van der Waals surface area contributed by atoms with Gasteiger partial charge in [0.25, 0.3) is 0 Å². The van der Waals surface area contributed by atoms with Crippen molar-refractivity contribution in [2.45, 2.75) is 38.5 Å². The van der Waals surface area contributed by atoms with Crippen LogP contribution in [0.15, 0.2) is 24.3 Å². The van der Waals surface area contributed by atoms with Crippen molar-refractivity contribution >= 4 is 10.0 Å². The third-order valence-electron chi connectivity index (χ3n) is 3.50. The maximum Gasteiger partial charge on any atom is 0.214 e. The lowest BCUT2D eigenvalue weighted by Gasteiger charge is -2.17. The maximum absolute atomic E-state index is 12.1. The molecule has 1 fully saturated rings. The predicted molar refractivity (Wildman–Crippen MR) is 78.6 cm³/mol. The fourth-order valence-electron chi connectivity index (χ4n) is 2.35. The minimum Gasteiger partial charge on any atom is -0.377 e. The molecule has 1 aliphatic rings. The highest BCUT2D eigenvalue weighted by molar-refractivity contribution is 7.89. The van der Waals surface area contributed by atoms with Gasteiger partial charge in [0.1, 0.15) is 0 Å². The van der Waals surface area contributed by atoms with Gasteiger partial charge in [-0.2, -0.15) is 0 Å². The van der Waals surface area contributed by atoms with Gasteiger partial charge in [-0.3, -0.25) is 0 Å². The first kappa shape index (κ1) is 15.4. The van der Waals surface area contributed by atoms with Crippen LogP contribution in [0.25, 0.3) is 0 Å². The van der Waals surface area contributed by atoms with E-state index in [0.717, 1.165) is 24.0 Å². The summed E-state index contributed by atoms with van der Waals surface area (Å²) in [6.07, 6.45) is 1.59. The second-order valence-electron chi connectivity index (χ2n) is 5.20. The fourth-order valence-corrected chi connectivity index (χ4v) is 3.87. The summed E-state index contributed by atoms with van der Waals surface area (Å²) in [4.78, 5) is 0. The van der Waals surface area contributed by atoms with E-state index in [1.165, 1.54) is 0 Å². The lowest BCUT2D eigenvalue weighted by molar-refractivity contribution is 0.127. The summed E-state index contributed by atoms with van der Waals surface area (Å²) >= 11 is 0. The number of rotatable bonds is 6. The van der Waals surface area contributed by atoms with Crippen molar-refractivity contribution in [3.05, 3.63) is 35.4 Å². The summed E-state index contributed by atoms with van der Waals surface area (Å²) in [7, 11) is -3.33. The Kier molecular flexibility index (Phi) is 5.15. The molecule has 1 aromatic rings. The zero-order valence-electron chi connectivity index (χ0n) is 11.7. The lowest BCUT2D eigenvalue weighted by atomic mass is 10.1. The fraction of sp³-hybridized carbons (Fsp3) is 0.571. The molecule has 2 rings (SSSR count). The van der Waals surface area contributed by atoms with Gasteiger partial charge in [0.15, 0.2) is 0 Å². The molecule has 112 valence electrons. The molecule has 0 amide bonds. The average Bonchev–Trinajstić information content (AvgIpc) is 2.90. The Balaban J connectivity index is 1.96. The van der Waals surface area contributed by atoms with E-state index in [9.17, 15) is 8.42 Å². The van der Waals surface area contributed by atoms with Crippen LogP contribution in [0.1, 0.15) is 36.9 Å². The first-order valence-electron chi connectivity index (χ1n) is 6.90. The van der Waals surface area contributed by atoms with Crippen molar-refractivity contribution in [1.29, 1.82) is 0 Å². The van der Waals surface area contributed by atoms with Gasteiger partial charge in [-0.25, -0.2) is 13.1 Å². The van der Waals surface area contributed by atoms with Gasteiger partial charge < -0.3 is 10.5 Å². The number of sulfonamides is 1. The number of hydrogen-bond donors (Lipinski definition) is 2. The Morgan fingerprint density at radius 3 is 2.65 bits per heavy atom. The Bertz CT molecular complexity index is 522. The highest BCUT2D eigenvalue weighted by atomic mass is 32.2. The Morgan fingerprint density at radius 1 is 1.40 bits per heavy atom. The quantitative estimate of drug-likeness (QED) is 0.829. The van der Waals surface area contributed by atoms with Crippen molar-refractivity contribution < 1.29 is 13.2 Å². The molecule has 6 heteroatoms. The molecule has 0 radical (unpaired) electrons. The van der Waals surface area contributed by atoms with E-state index in [-0.39, 0.29) is 17.9 Å². The molecule has 1 aromatic carbocycles. The van der Waals surface area contributed by atoms with Crippen LogP contribution in [0, 0.1) is 0 Å². The second kappa shape index (κ2) is 6.67. The number of nitrogens with two attached hydrogens (primary N) is 1. The standard InChI is InChI=1S/C14H22N2O3S/c1-11(13-6-4-12(9-15)5-7-13)16-20(17,18)10-14-3-2-8-19-14/h4-7,11,14,16H,2-3,8-10,15H2,1H3. The summed E-state index contributed by atoms with van der Waals surface area (Å²) in [5, 5.41) is 0. The van der Waals surface area contributed by atoms with Gasteiger partial charge in [-0.15, -0.1) is 0 Å². The lowest BCUT2D eigenvalue weighted by Crippen LogP contribution is -2.33. The normalized spacial score (nSPS) is 21.0. The largest absolute Gasteiger partial charge is 0.377 e. The Morgan fingerprint density at radius 2 is 2.10 bits per heavy atom. The van der Waals surface area contributed by atoms with Crippen LogP contribution in [0.2, 0.25) is 0 Å². The second-order valence-corrected chi connectivity index (χ2v) is 7.00. The number of benzene rings is 1. The molecular formula is C14H22N2O3S. The summed E-state index contributed by atoms with van der Waals surface area (Å²) in [5.41, 5.74) is 7.50. The molecule has 0 saturated carbocycles. The Labute approximate surface area is 120 Å². The van der Waals surface area contributed by atoms with Crippen LogP contribution >= 0.6 is 0 Å². The molecule has 0 aliphatic carbocycles. The van der Waals surface area contributed by atoms with E-state index in [1.807, 2.05) is 31.2 Å². The maximum atomic E-state index is 12.1. The van der Waals surface area contributed by atoms with E-state index >= 15 is 0 Å². The molecule has 2 unspecified atom stereocenters. The smallest absolute Gasteiger partial charge is 0.214 e. The predicted octanol–water partition coefficient (Wildman–Crippen LogP) is 1.30. The molecule has 3 N–H and O–H groups in total. The number of ether oxygens (including phenoxy) is 1. The topological polar surface area (TPSA) is 81.4 Å². The summed E-state index contributed by atoms with van der Waals surface area (Å²) in [6.45, 7) is 2.99. The van der Waals surface area contributed by atoms with Gasteiger partial charge >= 0.3 is 0 Å². The Hall–Kier alpha value is -0.950. The van der Waals surface area contributed by atoms with Crippen molar-refractivity contribution in [2.75, 3.05) is 12.4 Å². The van der Waals surface area contributed by atoms with Crippen LogP contribution in [0.4, 0.5) is 0 Å².